The smallest absolute Gasteiger partial charge is 0.337 e. The number of hydrogen-bond acceptors (Lipinski definition) is 9. The number of fused-ring (bicyclic) bond motifs is 2. The number of nitrogens with zero attached hydrogens (tertiary/aromatic N) is 2. The SMILES string of the molecule is C=CCN1CC#CCN(NC(=O)[C@H](C)N)C(=O)N[C@H](Cc2c[nH]c3ccccc23)C(=O)N[C@@H](C)C(=O)C[C@@H](Cc2c[nH]c3ccccc23)C(=O)N[C@H](Cc2ccccc2)C(=O)N[C@H](C(C)=O)CCC1. The predicted octanol–water partition coefficient (Wildman–Crippen LogP) is 3.36. The van der Waals surface area contributed by atoms with E-state index >= 15 is 0 Å². The number of H-pyrrole nitrogens is 2. The molecule has 0 fully saturated rings. The van der Waals surface area contributed by atoms with Gasteiger partial charge in [-0.25, -0.2) is 9.80 Å². The van der Waals surface area contributed by atoms with Crippen molar-refractivity contribution in [2.24, 2.45) is 11.7 Å². The number of Topliss-reactive ketones (excluding diaryl/α,β-unsaturated/α-hetero) is 2. The first kappa shape index (κ1) is 50.9. The van der Waals surface area contributed by atoms with Crippen LogP contribution in [0.15, 0.2) is 104 Å². The molecule has 0 bridgehead atoms. The summed E-state index contributed by atoms with van der Waals surface area (Å²) in [4.78, 5) is 106. The quantitative estimate of drug-likeness (QED) is 0.0715. The standard InChI is InChI=1S/C52H62N10O7/c1-5-23-61-24-13-14-26-62(60-48(65)33(2)53)52(69)59-46(29-39-32-55-44-21-12-10-19-41(39)44)50(67)56-34(3)47(64)30-37(28-38-31-54-43-20-11-9-18-40(38)43)49(66)58-45(27-36-16-7-6-8-17-36)51(68)57-42(35(4)63)22-15-25-61/h5-12,16-21,31-34,37,42,45-46,54-55H,1,15,22-30,53H2,2-4H3,(H,56,67)(H,57,68)(H,58,66)(H,59,69)(H,60,65)/t33-,34-,37+,42-,45+,46+/m0/s1. The van der Waals surface area contributed by atoms with E-state index in [1.807, 2.05) is 83.8 Å². The lowest BCUT2D eigenvalue weighted by Gasteiger charge is -2.27. The maximum absolute atomic E-state index is 14.7. The summed E-state index contributed by atoms with van der Waals surface area (Å²) >= 11 is 0. The van der Waals surface area contributed by atoms with Gasteiger partial charge in [-0.15, -0.1) is 6.58 Å². The van der Waals surface area contributed by atoms with Gasteiger partial charge in [0.05, 0.1) is 24.7 Å². The van der Waals surface area contributed by atoms with Crippen molar-refractivity contribution in [3.63, 3.8) is 0 Å². The molecule has 17 nitrogen and oxygen atoms in total. The molecule has 9 N–H and O–H groups in total. The van der Waals surface area contributed by atoms with Crippen LogP contribution >= 0.6 is 0 Å². The molecule has 69 heavy (non-hydrogen) atoms. The van der Waals surface area contributed by atoms with Crippen molar-refractivity contribution >= 4 is 63.0 Å². The Morgan fingerprint density at radius 2 is 1.38 bits per heavy atom. The normalized spacial score (nSPS) is 21.4. The Bertz CT molecular complexity index is 2700. The Kier molecular flexibility index (Phi) is 18.0. The van der Waals surface area contributed by atoms with E-state index in [2.05, 4.69) is 55.1 Å². The maximum atomic E-state index is 14.7. The Labute approximate surface area is 401 Å². The van der Waals surface area contributed by atoms with Gasteiger partial charge in [0.2, 0.25) is 17.7 Å². The van der Waals surface area contributed by atoms with Crippen molar-refractivity contribution in [1.82, 2.24) is 46.6 Å². The highest BCUT2D eigenvalue weighted by atomic mass is 16.2. The number of ketones is 2. The van der Waals surface area contributed by atoms with Crippen molar-refractivity contribution < 1.29 is 33.6 Å². The van der Waals surface area contributed by atoms with Crippen molar-refractivity contribution in [3.8, 4) is 11.8 Å². The highest BCUT2D eigenvalue weighted by Crippen LogP contribution is 2.24. The van der Waals surface area contributed by atoms with Crippen LogP contribution in [0.2, 0.25) is 0 Å². The van der Waals surface area contributed by atoms with E-state index in [0.717, 1.165) is 37.9 Å². The number of rotatable bonds is 11. The monoisotopic (exact) mass is 938 g/mol. The first-order valence-corrected chi connectivity index (χ1v) is 23.2. The van der Waals surface area contributed by atoms with Crippen LogP contribution in [0.5, 0.6) is 0 Å². The van der Waals surface area contributed by atoms with Gasteiger partial charge < -0.3 is 37.0 Å². The minimum atomic E-state index is -1.27. The number of amides is 6. The van der Waals surface area contributed by atoms with E-state index in [4.69, 9.17) is 5.73 Å². The summed E-state index contributed by atoms with van der Waals surface area (Å²) < 4.78 is 0. The number of carbonyl (C=O) groups excluding carboxylic acids is 7. The van der Waals surface area contributed by atoms with E-state index in [1.54, 1.807) is 18.5 Å². The zero-order valence-electron chi connectivity index (χ0n) is 39.3. The molecule has 3 aromatic carbocycles. The molecule has 1 aliphatic heterocycles. The number of hydrazine groups is 1. The minimum absolute atomic E-state index is 0.0132. The van der Waals surface area contributed by atoms with Crippen molar-refractivity contribution in [2.75, 3.05) is 26.2 Å². The summed E-state index contributed by atoms with van der Waals surface area (Å²) in [5.74, 6) is 1.70. The summed E-state index contributed by atoms with van der Waals surface area (Å²) in [6, 6.07) is 17.9. The van der Waals surface area contributed by atoms with Crippen LogP contribution in [0, 0.1) is 17.8 Å². The number of nitrogens with two attached hydrogens (primary N) is 1. The van der Waals surface area contributed by atoms with Crippen molar-refractivity contribution in [1.29, 1.82) is 0 Å². The average molecular weight is 939 g/mol. The molecule has 0 saturated carbocycles. The van der Waals surface area contributed by atoms with Gasteiger partial charge in [0.15, 0.2) is 11.6 Å². The van der Waals surface area contributed by atoms with Gasteiger partial charge in [0.1, 0.15) is 18.6 Å². The molecule has 0 radical (unpaired) electrons. The zero-order valence-corrected chi connectivity index (χ0v) is 39.3. The lowest BCUT2D eigenvalue weighted by molar-refractivity contribution is -0.134. The van der Waals surface area contributed by atoms with Gasteiger partial charge in [-0.3, -0.25) is 39.1 Å². The van der Waals surface area contributed by atoms with Gasteiger partial charge in [-0.2, -0.15) is 0 Å². The second-order valence-electron chi connectivity index (χ2n) is 17.5. The summed E-state index contributed by atoms with van der Waals surface area (Å²) in [6.07, 6.45) is 5.84. The maximum Gasteiger partial charge on any atom is 0.337 e. The molecular weight excluding hydrogens is 877 g/mol. The molecule has 17 heteroatoms. The van der Waals surface area contributed by atoms with E-state index in [9.17, 15) is 33.6 Å². The van der Waals surface area contributed by atoms with Crippen LogP contribution in [0.25, 0.3) is 21.8 Å². The minimum Gasteiger partial charge on any atom is -0.361 e. The highest BCUT2D eigenvalue weighted by Gasteiger charge is 2.33. The number of urea groups is 1. The molecule has 0 spiro atoms. The Balaban J connectivity index is 1.36. The number of carbonyl (C=O) groups is 7. The molecule has 6 atom stereocenters. The second-order valence-corrected chi connectivity index (χ2v) is 17.5. The lowest BCUT2D eigenvalue weighted by Crippen LogP contribution is -2.59. The van der Waals surface area contributed by atoms with Gasteiger partial charge in [-0.05, 0) is 75.4 Å². The molecule has 5 aromatic rings. The third-order valence-corrected chi connectivity index (χ3v) is 12.2. The van der Waals surface area contributed by atoms with Crippen molar-refractivity contribution in [3.05, 3.63) is 121 Å². The van der Waals surface area contributed by atoms with E-state index in [1.165, 1.54) is 20.8 Å². The second kappa shape index (κ2) is 24.5. The number of aromatic amines is 2. The van der Waals surface area contributed by atoms with Gasteiger partial charge in [-0.1, -0.05) is 84.6 Å². The Morgan fingerprint density at radius 1 is 0.783 bits per heavy atom. The van der Waals surface area contributed by atoms with Gasteiger partial charge >= 0.3 is 6.03 Å². The summed E-state index contributed by atoms with van der Waals surface area (Å²) in [7, 11) is 0. The Morgan fingerprint density at radius 3 is 2.01 bits per heavy atom. The molecule has 3 heterocycles. The largest absolute Gasteiger partial charge is 0.361 e. The summed E-state index contributed by atoms with van der Waals surface area (Å²) in [5, 5.41) is 14.0. The van der Waals surface area contributed by atoms with Gasteiger partial charge in [0.25, 0.3) is 5.91 Å². The third-order valence-electron chi connectivity index (χ3n) is 12.2. The number of hydrogen-bond donors (Lipinski definition) is 8. The van der Waals surface area contributed by atoms with E-state index in [0.29, 0.717) is 25.1 Å². The topological polar surface area (TPSA) is 244 Å². The van der Waals surface area contributed by atoms with Crippen LogP contribution in [-0.4, -0.2) is 117 Å². The fourth-order valence-electron chi connectivity index (χ4n) is 8.23. The third kappa shape index (κ3) is 14.2. The van der Waals surface area contributed by atoms with E-state index in [-0.39, 0.29) is 51.0 Å². The predicted molar refractivity (Wildman–Crippen MR) is 264 cm³/mol. The molecule has 362 valence electrons. The number of nitrogens with one attached hydrogen (secondary N) is 7. The van der Waals surface area contributed by atoms with Gasteiger partial charge in [0, 0.05) is 65.9 Å². The Hall–Kier alpha value is -7.55. The fourth-order valence-corrected chi connectivity index (χ4v) is 8.23. The molecule has 6 amide bonds. The summed E-state index contributed by atoms with van der Waals surface area (Å²) in [5.41, 5.74) is 12.2. The molecule has 1 aliphatic rings. The van der Waals surface area contributed by atoms with Crippen LogP contribution in [0.1, 0.15) is 56.7 Å². The van der Waals surface area contributed by atoms with Crippen LogP contribution < -0.4 is 32.4 Å². The highest BCUT2D eigenvalue weighted by molar-refractivity contribution is 5.97. The lowest BCUT2D eigenvalue weighted by atomic mass is 9.90. The summed E-state index contributed by atoms with van der Waals surface area (Å²) in [6.45, 7) is 9.06. The van der Waals surface area contributed by atoms with Crippen molar-refractivity contribution in [2.45, 2.75) is 89.5 Å². The molecule has 0 saturated heterocycles. The number of aromatic nitrogens is 2. The fraction of sp³-hybridized carbons (Fsp3) is 0.365. The first-order chi connectivity index (χ1) is 33.2. The molecule has 6 rings (SSSR count). The zero-order chi connectivity index (χ0) is 49.5. The van der Waals surface area contributed by atoms with Crippen LogP contribution in [0.4, 0.5) is 4.79 Å². The van der Waals surface area contributed by atoms with Crippen LogP contribution in [0.3, 0.4) is 0 Å². The number of benzene rings is 3. The number of para-hydroxylation sites is 2. The first-order valence-electron chi connectivity index (χ1n) is 23.2. The molecule has 0 unspecified atom stereocenters. The molecule has 2 aromatic heterocycles. The average Bonchev–Trinajstić information content (AvgIpc) is 3.94. The molecule has 0 aliphatic carbocycles. The van der Waals surface area contributed by atoms with E-state index < -0.39 is 71.6 Å². The molecular formula is C52H62N10O7. The van der Waals surface area contributed by atoms with Crippen LogP contribution in [-0.2, 0) is 48.0 Å².